The van der Waals surface area contributed by atoms with Crippen LogP contribution in [-0.4, -0.2) is 39.7 Å². The Balaban J connectivity index is 2.62. The summed E-state index contributed by atoms with van der Waals surface area (Å²) in [4.78, 5) is 26.2. The zero-order chi connectivity index (χ0) is 16.3. The van der Waals surface area contributed by atoms with E-state index in [1.165, 1.54) is 19.2 Å². The normalized spacial score (nSPS) is 13.9. The van der Waals surface area contributed by atoms with E-state index in [1.54, 1.807) is 20.8 Å². The minimum Gasteiger partial charge on any atom is -0.458 e. The van der Waals surface area contributed by atoms with Gasteiger partial charge in [-0.3, -0.25) is 4.79 Å². The quantitative estimate of drug-likeness (QED) is 0.707. The second-order valence-corrected chi connectivity index (χ2v) is 5.87. The Bertz CT molecular complexity index is 576. The van der Waals surface area contributed by atoms with Crippen molar-refractivity contribution in [2.75, 3.05) is 6.54 Å². The topological polar surface area (TPSA) is 115 Å². The van der Waals surface area contributed by atoms with Gasteiger partial charge in [0.2, 0.25) is 0 Å². The SMILES string of the molecule is CC(C)(C)OC(=O)[C@@](C)(O)CNC(=O)c1cc(C#N)c[nH]1. The number of H-pyrrole nitrogens is 1. The first kappa shape index (κ1) is 16.7. The molecule has 0 unspecified atom stereocenters. The fraction of sp³-hybridized carbons (Fsp3) is 0.500. The highest BCUT2D eigenvalue weighted by molar-refractivity contribution is 5.93. The summed E-state index contributed by atoms with van der Waals surface area (Å²) in [6.45, 7) is 6.00. The van der Waals surface area contributed by atoms with E-state index in [2.05, 4.69) is 10.3 Å². The molecular formula is C14H19N3O4. The molecule has 1 aromatic heterocycles. The van der Waals surface area contributed by atoms with E-state index in [4.69, 9.17) is 10.00 Å². The molecule has 0 saturated carbocycles. The molecule has 0 fully saturated rings. The van der Waals surface area contributed by atoms with E-state index < -0.39 is 23.1 Å². The zero-order valence-electron chi connectivity index (χ0n) is 12.5. The van der Waals surface area contributed by atoms with Gasteiger partial charge < -0.3 is 20.1 Å². The number of carbonyl (C=O) groups excluding carboxylic acids is 2. The van der Waals surface area contributed by atoms with Crippen molar-refractivity contribution in [3.63, 3.8) is 0 Å². The van der Waals surface area contributed by atoms with Crippen molar-refractivity contribution in [1.82, 2.24) is 10.3 Å². The summed E-state index contributed by atoms with van der Waals surface area (Å²) in [5.41, 5.74) is -2.08. The van der Waals surface area contributed by atoms with Gasteiger partial charge in [0, 0.05) is 6.20 Å². The lowest BCUT2D eigenvalue weighted by Crippen LogP contribution is -2.49. The molecule has 21 heavy (non-hydrogen) atoms. The summed E-state index contributed by atoms with van der Waals surface area (Å²) in [6, 6.07) is 3.26. The van der Waals surface area contributed by atoms with Crippen LogP contribution >= 0.6 is 0 Å². The minimum atomic E-state index is -1.84. The van der Waals surface area contributed by atoms with Crippen molar-refractivity contribution < 1.29 is 19.4 Å². The maximum atomic E-state index is 11.8. The van der Waals surface area contributed by atoms with Gasteiger partial charge in [-0.2, -0.15) is 5.26 Å². The van der Waals surface area contributed by atoms with Crippen LogP contribution in [0.15, 0.2) is 12.3 Å². The highest BCUT2D eigenvalue weighted by Gasteiger charge is 2.35. The van der Waals surface area contributed by atoms with E-state index in [9.17, 15) is 14.7 Å². The largest absolute Gasteiger partial charge is 0.458 e. The molecule has 0 saturated heterocycles. The standard InChI is InChI=1S/C14H19N3O4/c1-13(2,3)21-12(19)14(4,20)8-17-11(18)10-5-9(6-15)7-16-10/h5,7,16,20H,8H2,1-4H3,(H,17,18)/t14-/m0/s1. The van der Waals surface area contributed by atoms with E-state index in [1.807, 2.05) is 6.07 Å². The lowest BCUT2D eigenvalue weighted by molar-refractivity contribution is -0.174. The van der Waals surface area contributed by atoms with Gasteiger partial charge in [-0.1, -0.05) is 0 Å². The Morgan fingerprint density at radius 2 is 2.05 bits per heavy atom. The molecule has 1 heterocycles. The summed E-state index contributed by atoms with van der Waals surface area (Å²) in [5, 5.41) is 21.1. The first-order chi connectivity index (χ1) is 9.55. The lowest BCUT2D eigenvalue weighted by Gasteiger charge is -2.27. The number of ether oxygens (including phenoxy) is 1. The van der Waals surface area contributed by atoms with E-state index in [0.29, 0.717) is 5.56 Å². The van der Waals surface area contributed by atoms with Crippen LogP contribution in [0.5, 0.6) is 0 Å². The second kappa shape index (κ2) is 5.97. The average molecular weight is 293 g/mol. The van der Waals surface area contributed by atoms with E-state index in [0.717, 1.165) is 0 Å². The molecule has 0 bridgehead atoms. The van der Waals surface area contributed by atoms with Crippen molar-refractivity contribution in [2.45, 2.75) is 38.9 Å². The summed E-state index contributed by atoms with van der Waals surface area (Å²) in [7, 11) is 0. The molecule has 3 N–H and O–H groups in total. The predicted octanol–water partition coefficient (Wildman–Crippen LogP) is 0.709. The molecular weight excluding hydrogens is 274 g/mol. The van der Waals surface area contributed by atoms with E-state index >= 15 is 0 Å². The Morgan fingerprint density at radius 1 is 1.43 bits per heavy atom. The van der Waals surface area contributed by atoms with Crippen LogP contribution in [0, 0.1) is 11.3 Å². The van der Waals surface area contributed by atoms with Crippen molar-refractivity contribution in [2.24, 2.45) is 0 Å². The molecule has 114 valence electrons. The number of nitrogens with zero attached hydrogens (tertiary/aromatic N) is 1. The van der Waals surface area contributed by atoms with Crippen LogP contribution in [0.25, 0.3) is 0 Å². The van der Waals surface area contributed by atoms with Gasteiger partial charge in [0.25, 0.3) is 5.91 Å². The summed E-state index contributed by atoms with van der Waals surface area (Å²) in [6.07, 6.45) is 1.39. The maximum Gasteiger partial charge on any atom is 0.340 e. The first-order valence-electron chi connectivity index (χ1n) is 6.38. The van der Waals surface area contributed by atoms with E-state index in [-0.39, 0.29) is 12.2 Å². The second-order valence-electron chi connectivity index (χ2n) is 5.87. The smallest absolute Gasteiger partial charge is 0.340 e. The van der Waals surface area contributed by atoms with Gasteiger partial charge in [0.1, 0.15) is 17.4 Å². The minimum absolute atomic E-state index is 0.173. The first-order valence-corrected chi connectivity index (χ1v) is 6.38. The van der Waals surface area contributed by atoms with Gasteiger partial charge in [-0.15, -0.1) is 0 Å². The molecule has 7 heteroatoms. The Morgan fingerprint density at radius 3 is 2.52 bits per heavy atom. The van der Waals surface area contributed by atoms with Crippen molar-refractivity contribution in [3.8, 4) is 6.07 Å². The highest BCUT2D eigenvalue weighted by Crippen LogP contribution is 2.14. The number of carbonyl (C=O) groups is 2. The number of esters is 1. The van der Waals surface area contributed by atoms with Crippen molar-refractivity contribution in [3.05, 3.63) is 23.5 Å². The molecule has 0 radical (unpaired) electrons. The van der Waals surface area contributed by atoms with Crippen LogP contribution in [0.2, 0.25) is 0 Å². The number of nitrogens with one attached hydrogen (secondary N) is 2. The third-order valence-corrected chi connectivity index (χ3v) is 2.49. The molecule has 0 aliphatic heterocycles. The number of amides is 1. The summed E-state index contributed by atoms with van der Waals surface area (Å²) >= 11 is 0. The maximum absolute atomic E-state index is 11.8. The van der Waals surface area contributed by atoms with Gasteiger partial charge >= 0.3 is 5.97 Å². The molecule has 1 rings (SSSR count). The van der Waals surface area contributed by atoms with Crippen molar-refractivity contribution >= 4 is 11.9 Å². The number of rotatable bonds is 4. The Labute approximate surface area is 122 Å². The third-order valence-electron chi connectivity index (χ3n) is 2.49. The van der Waals surface area contributed by atoms with Gasteiger partial charge in [0.15, 0.2) is 5.60 Å². The number of hydrogen-bond donors (Lipinski definition) is 3. The summed E-state index contributed by atoms with van der Waals surface area (Å²) in [5.74, 6) is -1.35. The molecule has 0 aromatic carbocycles. The van der Waals surface area contributed by atoms with Crippen LogP contribution in [0.3, 0.4) is 0 Å². The molecule has 1 amide bonds. The van der Waals surface area contributed by atoms with Gasteiger partial charge in [0.05, 0.1) is 12.1 Å². The molecule has 0 aliphatic rings. The average Bonchev–Trinajstić information content (AvgIpc) is 2.82. The zero-order valence-corrected chi connectivity index (χ0v) is 12.5. The molecule has 1 aromatic rings. The lowest BCUT2D eigenvalue weighted by atomic mass is 10.1. The van der Waals surface area contributed by atoms with Crippen LogP contribution in [0.1, 0.15) is 43.7 Å². The number of aromatic amines is 1. The third kappa shape index (κ3) is 4.93. The summed E-state index contributed by atoms with van der Waals surface area (Å²) < 4.78 is 5.07. The highest BCUT2D eigenvalue weighted by atomic mass is 16.6. The molecule has 1 atom stereocenters. The van der Waals surface area contributed by atoms with Crippen molar-refractivity contribution in [1.29, 1.82) is 5.26 Å². The van der Waals surface area contributed by atoms with Gasteiger partial charge in [-0.25, -0.2) is 4.79 Å². The predicted molar refractivity (Wildman–Crippen MR) is 74.3 cm³/mol. The van der Waals surface area contributed by atoms with Crippen LogP contribution in [0.4, 0.5) is 0 Å². The Hall–Kier alpha value is -2.33. The number of aromatic nitrogens is 1. The number of nitriles is 1. The van der Waals surface area contributed by atoms with Gasteiger partial charge in [-0.05, 0) is 33.8 Å². The molecule has 7 nitrogen and oxygen atoms in total. The monoisotopic (exact) mass is 293 g/mol. The Kier molecular flexibility index (Phi) is 4.76. The molecule has 0 aliphatic carbocycles. The number of hydrogen-bond acceptors (Lipinski definition) is 5. The number of aliphatic hydroxyl groups is 1. The fourth-order valence-corrected chi connectivity index (χ4v) is 1.40. The fourth-order valence-electron chi connectivity index (χ4n) is 1.40. The molecule has 0 spiro atoms. The van der Waals surface area contributed by atoms with Crippen LogP contribution < -0.4 is 5.32 Å². The van der Waals surface area contributed by atoms with Crippen LogP contribution in [-0.2, 0) is 9.53 Å².